The zero-order valence-corrected chi connectivity index (χ0v) is 16.1. The maximum atomic E-state index is 10.4. The van der Waals surface area contributed by atoms with Crippen LogP contribution in [0.2, 0.25) is 0 Å². The zero-order chi connectivity index (χ0) is 18.9. The monoisotopic (exact) mass is 381 g/mol. The summed E-state index contributed by atoms with van der Waals surface area (Å²) < 4.78 is 0. The Morgan fingerprint density at radius 2 is 1.54 bits per heavy atom. The quantitative estimate of drug-likeness (QED) is 0.409. The van der Waals surface area contributed by atoms with Crippen molar-refractivity contribution in [3.63, 3.8) is 0 Å². The minimum absolute atomic E-state index is 0.216. The fourth-order valence-corrected chi connectivity index (χ4v) is 5.08. The SMILES string of the molecule is Oc1ccccc1C1=Nc2ccccc2SC(c2cccc3ccccc23)C1. The van der Waals surface area contributed by atoms with Crippen molar-refractivity contribution in [2.24, 2.45) is 4.99 Å². The predicted octanol–water partition coefficient (Wildman–Crippen LogP) is 6.90. The lowest BCUT2D eigenvalue weighted by atomic mass is 9.96. The molecule has 4 aromatic carbocycles. The van der Waals surface area contributed by atoms with Crippen molar-refractivity contribution in [1.29, 1.82) is 0 Å². The average molecular weight is 382 g/mol. The van der Waals surface area contributed by atoms with Gasteiger partial charge >= 0.3 is 0 Å². The second-order valence-electron chi connectivity index (χ2n) is 6.92. The maximum Gasteiger partial charge on any atom is 0.124 e. The number of aliphatic imine (C=N–C) groups is 1. The van der Waals surface area contributed by atoms with Gasteiger partial charge in [0, 0.05) is 22.1 Å². The van der Waals surface area contributed by atoms with Crippen LogP contribution in [0.25, 0.3) is 10.8 Å². The third kappa shape index (κ3) is 3.08. The van der Waals surface area contributed by atoms with E-state index in [1.165, 1.54) is 21.2 Å². The first-order valence-electron chi connectivity index (χ1n) is 9.39. The molecule has 1 unspecified atom stereocenters. The second kappa shape index (κ2) is 7.17. The number of phenolic OH excluding ortho intramolecular Hbond substituents is 1. The Kier molecular flexibility index (Phi) is 4.38. The molecule has 0 bridgehead atoms. The molecule has 2 nitrogen and oxygen atoms in total. The van der Waals surface area contributed by atoms with Gasteiger partial charge in [0.25, 0.3) is 0 Å². The summed E-state index contributed by atoms with van der Waals surface area (Å²) in [5.41, 5.74) is 4.01. The van der Waals surface area contributed by atoms with Gasteiger partial charge in [0.05, 0.1) is 11.4 Å². The highest BCUT2D eigenvalue weighted by Gasteiger charge is 2.24. The number of fused-ring (bicyclic) bond motifs is 2. The normalized spacial score (nSPS) is 16.3. The van der Waals surface area contributed by atoms with Crippen molar-refractivity contribution in [3.8, 4) is 5.75 Å². The standard InChI is InChI=1S/C25H19NOS/c27-23-14-5-3-11-20(23)22-16-25(28-24-15-6-4-13-21(24)26-22)19-12-7-9-17-8-1-2-10-18(17)19/h1-15,25,27H,16H2. The topological polar surface area (TPSA) is 32.6 Å². The molecule has 1 aliphatic rings. The van der Waals surface area contributed by atoms with Gasteiger partial charge in [0.1, 0.15) is 5.75 Å². The average Bonchev–Trinajstić information content (AvgIpc) is 2.93. The summed E-state index contributed by atoms with van der Waals surface area (Å²) in [5.74, 6) is 0.280. The Morgan fingerprint density at radius 1 is 0.786 bits per heavy atom. The summed E-state index contributed by atoms with van der Waals surface area (Å²) >= 11 is 1.85. The lowest BCUT2D eigenvalue weighted by Crippen LogP contribution is -2.06. The number of para-hydroxylation sites is 2. The minimum Gasteiger partial charge on any atom is -0.507 e. The van der Waals surface area contributed by atoms with Crippen LogP contribution in [0.3, 0.4) is 0 Å². The third-order valence-electron chi connectivity index (χ3n) is 5.15. The van der Waals surface area contributed by atoms with Crippen LogP contribution in [-0.2, 0) is 0 Å². The fourth-order valence-electron chi connectivity index (χ4n) is 3.80. The molecular formula is C25H19NOS. The molecule has 0 aromatic heterocycles. The van der Waals surface area contributed by atoms with Gasteiger partial charge < -0.3 is 5.11 Å². The molecule has 136 valence electrons. The van der Waals surface area contributed by atoms with Crippen LogP contribution in [0, 0.1) is 0 Å². The number of phenols is 1. The van der Waals surface area contributed by atoms with Gasteiger partial charge in [-0.15, -0.1) is 11.8 Å². The minimum atomic E-state index is 0.216. The molecule has 28 heavy (non-hydrogen) atoms. The molecule has 0 saturated heterocycles. The van der Waals surface area contributed by atoms with Gasteiger partial charge in [-0.2, -0.15) is 0 Å². The number of benzene rings is 4. The summed E-state index contributed by atoms with van der Waals surface area (Å²) in [6, 6.07) is 30.8. The summed E-state index contributed by atoms with van der Waals surface area (Å²) in [5, 5.41) is 13.2. The lowest BCUT2D eigenvalue weighted by Gasteiger charge is -2.18. The molecule has 3 heteroatoms. The van der Waals surface area contributed by atoms with E-state index < -0.39 is 0 Å². The Balaban J connectivity index is 1.68. The van der Waals surface area contributed by atoms with Crippen LogP contribution in [0.15, 0.2) is 101 Å². The predicted molar refractivity (Wildman–Crippen MR) is 118 cm³/mol. The molecule has 0 fully saturated rings. The summed E-state index contributed by atoms with van der Waals surface area (Å²) in [6.07, 6.45) is 0.755. The largest absolute Gasteiger partial charge is 0.507 e. The van der Waals surface area contributed by atoms with E-state index in [0.717, 1.165) is 23.4 Å². The molecule has 1 aliphatic heterocycles. The first-order chi connectivity index (χ1) is 13.8. The fraction of sp³-hybridized carbons (Fsp3) is 0.0800. The van der Waals surface area contributed by atoms with Crippen LogP contribution < -0.4 is 0 Å². The van der Waals surface area contributed by atoms with Crippen molar-refractivity contribution in [2.45, 2.75) is 16.6 Å². The van der Waals surface area contributed by atoms with Gasteiger partial charge in [-0.05, 0) is 40.6 Å². The molecule has 1 atom stereocenters. The Labute approximate surface area is 168 Å². The van der Waals surface area contributed by atoms with E-state index >= 15 is 0 Å². The maximum absolute atomic E-state index is 10.4. The number of hydrogen-bond donors (Lipinski definition) is 1. The van der Waals surface area contributed by atoms with Gasteiger partial charge in [-0.1, -0.05) is 66.7 Å². The van der Waals surface area contributed by atoms with Crippen LogP contribution in [0.1, 0.15) is 22.8 Å². The van der Waals surface area contributed by atoms with E-state index in [9.17, 15) is 5.11 Å². The number of aromatic hydroxyl groups is 1. The number of hydrogen-bond acceptors (Lipinski definition) is 3. The van der Waals surface area contributed by atoms with E-state index in [1.54, 1.807) is 6.07 Å². The summed E-state index contributed by atoms with van der Waals surface area (Å²) in [4.78, 5) is 6.13. The van der Waals surface area contributed by atoms with Crippen molar-refractivity contribution in [3.05, 3.63) is 102 Å². The van der Waals surface area contributed by atoms with Crippen molar-refractivity contribution in [1.82, 2.24) is 0 Å². The highest BCUT2D eigenvalue weighted by molar-refractivity contribution is 7.99. The van der Waals surface area contributed by atoms with Gasteiger partial charge in [-0.25, -0.2) is 0 Å². The van der Waals surface area contributed by atoms with Crippen LogP contribution in [0.4, 0.5) is 5.69 Å². The molecule has 5 rings (SSSR count). The van der Waals surface area contributed by atoms with E-state index in [0.29, 0.717) is 0 Å². The van der Waals surface area contributed by atoms with Crippen LogP contribution >= 0.6 is 11.8 Å². The highest BCUT2D eigenvalue weighted by Crippen LogP contribution is 2.47. The lowest BCUT2D eigenvalue weighted by molar-refractivity contribution is 0.474. The highest BCUT2D eigenvalue weighted by atomic mass is 32.2. The molecule has 0 spiro atoms. The molecule has 0 radical (unpaired) electrons. The number of thioether (sulfide) groups is 1. The zero-order valence-electron chi connectivity index (χ0n) is 15.2. The smallest absolute Gasteiger partial charge is 0.124 e. The molecular weight excluding hydrogens is 362 g/mol. The Hall–Kier alpha value is -3.04. The van der Waals surface area contributed by atoms with Crippen LogP contribution in [0.5, 0.6) is 5.75 Å². The summed E-state index contributed by atoms with van der Waals surface area (Å²) in [7, 11) is 0. The Bertz CT molecular complexity index is 1190. The molecule has 1 heterocycles. The van der Waals surface area contributed by atoms with Crippen molar-refractivity contribution in [2.75, 3.05) is 0 Å². The van der Waals surface area contributed by atoms with E-state index in [1.807, 2.05) is 42.1 Å². The first kappa shape index (κ1) is 17.1. The molecule has 0 amide bonds. The van der Waals surface area contributed by atoms with E-state index in [4.69, 9.17) is 4.99 Å². The van der Waals surface area contributed by atoms with Crippen molar-refractivity contribution < 1.29 is 5.11 Å². The van der Waals surface area contributed by atoms with Gasteiger partial charge in [0.2, 0.25) is 0 Å². The van der Waals surface area contributed by atoms with E-state index in [2.05, 4.69) is 54.6 Å². The Morgan fingerprint density at radius 3 is 2.46 bits per heavy atom. The second-order valence-corrected chi connectivity index (χ2v) is 8.17. The molecule has 0 saturated carbocycles. The molecule has 4 aromatic rings. The van der Waals surface area contributed by atoms with Crippen molar-refractivity contribution >= 4 is 33.9 Å². The van der Waals surface area contributed by atoms with E-state index in [-0.39, 0.29) is 11.0 Å². The number of nitrogens with zero attached hydrogens (tertiary/aromatic N) is 1. The molecule has 0 aliphatic carbocycles. The summed E-state index contributed by atoms with van der Waals surface area (Å²) in [6.45, 7) is 0. The van der Waals surface area contributed by atoms with Crippen LogP contribution in [-0.4, -0.2) is 10.8 Å². The van der Waals surface area contributed by atoms with Gasteiger partial charge in [-0.3, -0.25) is 4.99 Å². The number of rotatable bonds is 2. The van der Waals surface area contributed by atoms with Gasteiger partial charge in [0.15, 0.2) is 0 Å². The molecule has 1 N–H and O–H groups in total. The third-order valence-corrected chi connectivity index (χ3v) is 6.46. The first-order valence-corrected chi connectivity index (χ1v) is 10.3.